The maximum absolute atomic E-state index is 12.2. The summed E-state index contributed by atoms with van der Waals surface area (Å²) in [6.45, 7) is 2.96. The van der Waals surface area contributed by atoms with E-state index in [4.69, 9.17) is 11.6 Å². The highest BCUT2D eigenvalue weighted by Gasteiger charge is 2.28. The zero-order valence-electron chi connectivity index (χ0n) is 11.4. The number of carbonyl (C=O) groups excluding carboxylic acids is 1. The van der Waals surface area contributed by atoms with Gasteiger partial charge in [0.1, 0.15) is 4.21 Å². The van der Waals surface area contributed by atoms with Gasteiger partial charge in [-0.1, -0.05) is 11.6 Å². The Morgan fingerprint density at radius 2 is 2.05 bits per heavy atom. The number of piperidine rings is 1. The third kappa shape index (κ3) is 4.19. The van der Waals surface area contributed by atoms with Crippen molar-refractivity contribution in [3.05, 3.63) is 14.9 Å². The topological polar surface area (TPSA) is 66.5 Å². The Balaban J connectivity index is 2.06. The van der Waals surface area contributed by atoms with E-state index in [1.54, 1.807) is 11.8 Å². The summed E-state index contributed by atoms with van der Waals surface area (Å²) in [5, 5.41) is 0.343. The van der Waals surface area contributed by atoms with Gasteiger partial charge in [-0.05, 0) is 48.2 Å². The number of halogens is 2. The summed E-state index contributed by atoms with van der Waals surface area (Å²) in [6.07, 6.45) is 3.06. The summed E-state index contributed by atoms with van der Waals surface area (Å²) in [4.78, 5) is 14.0. The third-order valence-corrected chi connectivity index (χ3v) is 7.75. The fourth-order valence-corrected chi connectivity index (χ4v) is 5.80. The van der Waals surface area contributed by atoms with Crippen molar-refractivity contribution in [3.8, 4) is 0 Å². The van der Waals surface area contributed by atoms with Gasteiger partial charge in [0, 0.05) is 13.1 Å². The summed E-state index contributed by atoms with van der Waals surface area (Å²) in [5.41, 5.74) is 0. The Morgan fingerprint density at radius 3 is 2.57 bits per heavy atom. The molecule has 1 amide bonds. The first-order chi connectivity index (χ1) is 9.81. The minimum atomic E-state index is -3.74. The lowest BCUT2D eigenvalue weighted by Crippen LogP contribution is -2.48. The number of sulfonamides is 1. The van der Waals surface area contributed by atoms with Gasteiger partial charge in [-0.15, -0.1) is 11.3 Å². The number of rotatable bonds is 4. The maximum Gasteiger partial charge on any atom is 0.250 e. The van der Waals surface area contributed by atoms with Crippen LogP contribution in [0.15, 0.2) is 14.1 Å². The lowest BCUT2D eigenvalue weighted by Gasteiger charge is -2.29. The molecular formula is C12H16BrClN2O3S2. The third-order valence-electron chi connectivity index (χ3n) is 3.26. The fourth-order valence-electron chi connectivity index (χ4n) is 2.19. The Hall–Kier alpha value is -0.150. The molecule has 118 valence electrons. The molecule has 0 aromatic carbocycles. The summed E-state index contributed by atoms with van der Waals surface area (Å²) < 4.78 is 27.6. The van der Waals surface area contributed by atoms with Crippen LogP contribution in [0.5, 0.6) is 0 Å². The highest BCUT2D eigenvalue weighted by atomic mass is 79.9. The van der Waals surface area contributed by atoms with Crippen molar-refractivity contribution in [3.63, 3.8) is 0 Å². The summed E-state index contributed by atoms with van der Waals surface area (Å²) in [5.74, 6) is -0.181. The first-order valence-electron chi connectivity index (χ1n) is 6.57. The van der Waals surface area contributed by atoms with Crippen LogP contribution in [0.25, 0.3) is 0 Å². The second kappa shape index (κ2) is 6.95. The molecule has 0 bridgehead atoms. The van der Waals surface area contributed by atoms with Gasteiger partial charge < -0.3 is 4.90 Å². The Kier molecular flexibility index (Phi) is 5.70. The van der Waals surface area contributed by atoms with Crippen LogP contribution >= 0.6 is 38.9 Å². The molecule has 9 heteroatoms. The molecule has 1 aromatic rings. The van der Waals surface area contributed by atoms with Gasteiger partial charge in [-0.25, -0.2) is 8.42 Å². The van der Waals surface area contributed by atoms with Gasteiger partial charge in [-0.2, -0.15) is 4.72 Å². The van der Waals surface area contributed by atoms with Crippen LogP contribution in [0, 0.1) is 0 Å². The molecule has 0 radical (unpaired) electrons. The normalized spacial score (nSPS) is 17.8. The Labute approximate surface area is 141 Å². The quantitative estimate of drug-likeness (QED) is 0.822. The van der Waals surface area contributed by atoms with Gasteiger partial charge in [-0.3, -0.25) is 4.79 Å². The molecule has 0 aliphatic carbocycles. The summed E-state index contributed by atoms with van der Waals surface area (Å²) in [7, 11) is -3.74. The van der Waals surface area contributed by atoms with Gasteiger partial charge in [0.05, 0.1) is 14.9 Å². The van der Waals surface area contributed by atoms with Crippen molar-refractivity contribution in [1.29, 1.82) is 0 Å². The minimum Gasteiger partial charge on any atom is -0.341 e. The highest BCUT2D eigenvalue weighted by Crippen LogP contribution is 2.34. The predicted octanol–water partition coefficient (Wildman–Crippen LogP) is 2.84. The number of amides is 1. The number of nitrogens with zero attached hydrogens (tertiary/aromatic N) is 1. The van der Waals surface area contributed by atoms with Gasteiger partial charge in [0.25, 0.3) is 10.0 Å². The molecule has 1 aliphatic rings. The van der Waals surface area contributed by atoms with Crippen LogP contribution in [-0.4, -0.2) is 38.4 Å². The average Bonchev–Trinajstić information content (AvgIpc) is 2.79. The van der Waals surface area contributed by atoms with E-state index in [1.807, 2.05) is 0 Å². The molecule has 1 unspecified atom stereocenters. The maximum atomic E-state index is 12.2. The van der Waals surface area contributed by atoms with E-state index < -0.39 is 16.1 Å². The SMILES string of the molecule is CC(NS(=O)(=O)c1cc(Cl)c(Br)s1)C(=O)N1CCCCC1. The molecule has 2 heterocycles. The van der Waals surface area contributed by atoms with Gasteiger partial charge in [0.2, 0.25) is 5.91 Å². The number of hydrogen-bond acceptors (Lipinski definition) is 4. The molecule has 1 N–H and O–H groups in total. The van der Waals surface area contributed by atoms with Gasteiger partial charge >= 0.3 is 0 Å². The molecule has 1 fully saturated rings. The standard InChI is InChI=1S/C12H16BrClN2O3S2/c1-8(12(17)16-5-3-2-4-6-16)15-21(18,19)10-7-9(14)11(13)20-10/h7-8,15H,2-6H2,1H3. The first kappa shape index (κ1) is 17.2. The molecular weight excluding hydrogens is 400 g/mol. The molecule has 2 rings (SSSR count). The van der Waals surface area contributed by atoms with E-state index in [-0.39, 0.29) is 10.1 Å². The van der Waals surface area contributed by atoms with Crippen molar-refractivity contribution < 1.29 is 13.2 Å². The van der Waals surface area contributed by atoms with Crippen LogP contribution in [0.1, 0.15) is 26.2 Å². The number of likely N-dealkylation sites (tertiary alicyclic amines) is 1. The number of nitrogens with one attached hydrogen (secondary N) is 1. The van der Waals surface area contributed by atoms with E-state index in [1.165, 1.54) is 6.07 Å². The predicted molar refractivity (Wildman–Crippen MR) is 87.2 cm³/mol. The van der Waals surface area contributed by atoms with Crippen molar-refractivity contribution in [1.82, 2.24) is 9.62 Å². The smallest absolute Gasteiger partial charge is 0.250 e. The number of carbonyl (C=O) groups is 1. The molecule has 1 aliphatic heterocycles. The number of hydrogen-bond donors (Lipinski definition) is 1. The zero-order valence-corrected chi connectivity index (χ0v) is 15.4. The van der Waals surface area contributed by atoms with Crippen molar-refractivity contribution in [2.45, 2.75) is 36.4 Å². The minimum absolute atomic E-state index is 0.0951. The largest absolute Gasteiger partial charge is 0.341 e. The Morgan fingerprint density at radius 1 is 1.43 bits per heavy atom. The monoisotopic (exact) mass is 414 g/mol. The van der Waals surface area contributed by atoms with Gasteiger partial charge in [0.15, 0.2) is 0 Å². The summed E-state index contributed by atoms with van der Waals surface area (Å²) >= 11 is 10.1. The van der Waals surface area contributed by atoms with Crippen molar-refractivity contribution in [2.24, 2.45) is 0 Å². The molecule has 21 heavy (non-hydrogen) atoms. The first-order valence-corrected chi connectivity index (χ1v) is 10.0. The molecule has 5 nitrogen and oxygen atoms in total. The average molecular weight is 416 g/mol. The molecule has 1 saturated heterocycles. The second-order valence-electron chi connectivity index (χ2n) is 4.92. The van der Waals surface area contributed by atoms with E-state index >= 15 is 0 Å². The van der Waals surface area contributed by atoms with Crippen LogP contribution < -0.4 is 4.72 Å². The molecule has 1 atom stereocenters. The molecule has 0 spiro atoms. The van der Waals surface area contributed by atoms with Crippen molar-refractivity contribution in [2.75, 3.05) is 13.1 Å². The van der Waals surface area contributed by atoms with E-state index in [0.29, 0.717) is 21.9 Å². The zero-order chi connectivity index (χ0) is 15.6. The fraction of sp³-hybridized carbons (Fsp3) is 0.583. The van der Waals surface area contributed by atoms with E-state index in [9.17, 15) is 13.2 Å². The van der Waals surface area contributed by atoms with E-state index in [0.717, 1.165) is 30.6 Å². The second-order valence-corrected chi connectivity index (χ2v) is 9.63. The highest BCUT2D eigenvalue weighted by molar-refractivity contribution is 9.11. The lowest BCUT2D eigenvalue weighted by molar-refractivity contribution is -0.133. The van der Waals surface area contributed by atoms with Crippen LogP contribution in [0.2, 0.25) is 5.02 Å². The van der Waals surface area contributed by atoms with Crippen LogP contribution in [-0.2, 0) is 14.8 Å². The summed E-state index contributed by atoms with van der Waals surface area (Å²) in [6, 6.07) is 0.587. The number of thiophene rings is 1. The molecule has 0 saturated carbocycles. The lowest BCUT2D eigenvalue weighted by atomic mass is 10.1. The van der Waals surface area contributed by atoms with Crippen LogP contribution in [0.4, 0.5) is 0 Å². The van der Waals surface area contributed by atoms with Crippen LogP contribution in [0.3, 0.4) is 0 Å². The molecule has 1 aromatic heterocycles. The Bertz CT molecular complexity index is 607. The van der Waals surface area contributed by atoms with E-state index in [2.05, 4.69) is 20.7 Å². The van der Waals surface area contributed by atoms with Crippen molar-refractivity contribution >= 4 is 54.8 Å².